The minimum absolute atomic E-state index is 0.0792. The van der Waals surface area contributed by atoms with Gasteiger partial charge in [0.15, 0.2) is 0 Å². The number of rotatable bonds is 7. The zero-order chi connectivity index (χ0) is 14.5. The van der Waals surface area contributed by atoms with Gasteiger partial charge in [-0.1, -0.05) is 12.1 Å². The predicted octanol–water partition coefficient (Wildman–Crippen LogP) is 2.13. The van der Waals surface area contributed by atoms with Gasteiger partial charge in [-0.05, 0) is 30.5 Å². The van der Waals surface area contributed by atoms with Crippen molar-refractivity contribution in [2.24, 2.45) is 0 Å². The van der Waals surface area contributed by atoms with Crippen molar-refractivity contribution in [3.05, 3.63) is 35.6 Å². The van der Waals surface area contributed by atoms with Gasteiger partial charge in [0.2, 0.25) is 5.91 Å². The van der Waals surface area contributed by atoms with Crippen LogP contribution in [0.2, 0.25) is 0 Å². The molecule has 0 aliphatic heterocycles. The zero-order valence-corrected chi connectivity index (χ0v) is 11.7. The molecule has 1 aliphatic carbocycles. The number of carboxylic acids is 1. The molecule has 0 bridgehead atoms. The SMILES string of the molecule is O=C(O)CSCC(=O)N(Cc1cccc(F)c1)C1CC1. The Morgan fingerprint density at radius 3 is 2.70 bits per heavy atom. The van der Waals surface area contributed by atoms with E-state index in [9.17, 15) is 14.0 Å². The number of benzene rings is 1. The first-order chi connectivity index (χ1) is 9.56. The van der Waals surface area contributed by atoms with Crippen LogP contribution >= 0.6 is 11.8 Å². The normalized spacial score (nSPS) is 14.1. The van der Waals surface area contributed by atoms with Crippen LogP contribution in [0.1, 0.15) is 18.4 Å². The number of carbonyl (C=O) groups is 2. The highest BCUT2D eigenvalue weighted by atomic mass is 32.2. The second kappa shape index (κ2) is 6.74. The van der Waals surface area contributed by atoms with E-state index in [-0.39, 0.29) is 29.3 Å². The second-order valence-corrected chi connectivity index (χ2v) is 5.75. The topological polar surface area (TPSA) is 57.6 Å². The number of carbonyl (C=O) groups excluding carboxylic acids is 1. The van der Waals surface area contributed by atoms with Crippen molar-refractivity contribution in [1.82, 2.24) is 4.90 Å². The summed E-state index contributed by atoms with van der Waals surface area (Å²) in [4.78, 5) is 24.3. The van der Waals surface area contributed by atoms with Gasteiger partial charge in [0, 0.05) is 12.6 Å². The Labute approximate surface area is 121 Å². The molecule has 0 heterocycles. The molecule has 1 N–H and O–H groups in total. The number of thioether (sulfide) groups is 1. The van der Waals surface area contributed by atoms with Crippen LogP contribution in [0.25, 0.3) is 0 Å². The van der Waals surface area contributed by atoms with E-state index in [2.05, 4.69) is 0 Å². The van der Waals surface area contributed by atoms with Gasteiger partial charge in [0.25, 0.3) is 0 Å². The third kappa shape index (κ3) is 4.52. The van der Waals surface area contributed by atoms with E-state index in [0.29, 0.717) is 6.54 Å². The third-order valence-electron chi connectivity index (χ3n) is 3.00. The molecule has 1 saturated carbocycles. The summed E-state index contributed by atoms with van der Waals surface area (Å²) in [6, 6.07) is 6.43. The maximum Gasteiger partial charge on any atom is 0.313 e. The first kappa shape index (κ1) is 14.8. The molecule has 108 valence electrons. The molecule has 0 radical (unpaired) electrons. The largest absolute Gasteiger partial charge is 0.481 e. The molecule has 0 aromatic heterocycles. The van der Waals surface area contributed by atoms with E-state index in [1.807, 2.05) is 0 Å². The van der Waals surface area contributed by atoms with Crippen LogP contribution in [0.4, 0.5) is 4.39 Å². The minimum Gasteiger partial charge on any atom is -0.481 e. The van der Waals surface area contributed by atoms with E-state index in [0.717, 1.165) is 30.2 Å². The maximum absolute atomic E-state index is 13.2. The first-order valence-electron chi connectivity index (χ1n) is 6.39. The van der Waals surface area contributed by atoms with Crippen LogP contribution in [0.5, 0.6) is 0 Å². The molecule has 20 heavy (non-hydrogen) atoms. The van der Waals surface area contributed by atoms with E-state index < -0.39 is 5.97 Å². The van der Waals surface area contributed by atoms with Crippen molar-refractivity contribution in [3.8, 4) is 0 Å². The molecule has 0 spiro atoms. The molecule has 1 amide bonds. The summed E-state index contributed by atoms with van der Waals surface area (Å²) in [6.07, 6.45) is 1.93. The van der Waals surface area contributed by atoms with Crippen molar-refractivity contribution < 1.29 is 19.1 Å². The Morgan fingerprint density at radius 2 is 2.10 bits per heavy atom. The highest BCUT2D eigenvalue weighted by Gasteiger charge is 2.32. The van der Waals surface area contributed by atoms with Crippen molar-refractivity contribution in [2.75, 3.05) is 11.5 Å². The van der Waals surface area contributed by atoms with Crippen molar-refractivity contribution in [1.29, 1.82) is 0 Å². The fraction of sp³-hybridized carbons (Fsp3) is 0.429. The summed E-state index contributed by atoms with van der Waals surface area (Å²) in [5.74, 6) is -1.25. The number of amides is 1. The Hall–Kier alpha value is -1.56. The van der Waals surface area contributed by atoms with Crippen LogP contribution in [0.3, 0.4) is 0 Å². The van der Waals surface area contributed by atoms with Gasteiger partial charge < -0.3 is 10.0 Å². The summed E-state index contributed by atoms with van der Waals surface area (Å²) in [5.41, 5.74) is 0.758. The number of hydrogen-bond acceptors (Lipinski definition) is 3. The molecule has 1 fully saturated rings. The number of carboxylic acid groups (broad SMARTS) is 1. The molecule has 1 aromatic carbocycles. The van der Waals surface area contributed by atoms with E-state index in [1.54, 1.807) is 17.0 Å². The van der Waals surface area contributed by atoms with E-state index in [1.165, 1.54) is 12.1 Å². The van der Waals surface area contributed by atoms with Crippen molar-refractivity contribution >= 4 is 23.6 Å². The molecule has 2 rings (SSSR count). The molecular formula is C14H16FNO3S. The lowest BCUT2D eigenvalue weighted by atomic mass is 10.2. The van der Waals surface area contributed by atoms with Gasteiger partial charge in [0.05, 0.1) is 11.5 Å². The van der Waals surface area contributed by atoms with Gasteiger partial charge in [-0.3, -0.25) is 9.59 Å². The summed E-state index contributed by atoms with van der Waals surface area (Å²) in [7, 11) is 0. The first-order valence-corrected chi connectivity index (χ1v) is 7.55. The summed E-state index contributed by atoms with van der Waals surface area (Å²) in [5, 5.41) is 8.56. The molecule has 0 saturated heterocycles. The van der Waals surface area contributed by atoms with Crippen LogP contribution in [0, 0.1) is 5.82 Å². The fourth-order valence-electron chi connectivity index (χ4n) is 1.95. The lowest BCUT2D eigenvalue weighted by Gasteiger charge is -2.22. The smallest absolute Gasteiger partial charge is 0.313 e. The Balaban J connectivity index is 1.93. The standard InChI is InChI=1S/C14H16FNO3S/c15-11-3-1-2-10(6-11)7-16(12-4-5-12)13(17)8-20-9-14(18)19/h1-3,6,12H,4-5,7-9H2,(H,18,19). The van der Waals surface area contributed by atoms with Crippen LogP contribution in [-0.2, 0) is 16.1 Å². The highest BCUT2D eigenvalue weighted by Crippen LogP contribution is 2.29. The predicted molar refractivity (Wildman–Crippen MR) is 74.9 cm³/mol. The highest BCUT2D eigenvalue weighted by molar-refractivity contribution is 8.00. The molecular weight excluding hydrogens is 281 g/mol. The lowest BCUT2D eigenvalue weighted by molar-refractivity contribution is -0.133. The quantitative estimate of drug-likeness (QED) is 0.837. The van der Waals surface area contributed by atoms with Gasteiger partial charge in [-0.2, -0.15) is 0 Å². The van der Waals surface area contributed by atoms with Gasteiger partial charge >= 0.3 is 5.97 Å². The number of nitrogens with zero attached hydrogens (tertiary/aromatic N) is 1. The lowest BCUT2D eigenvalue weighted by Crippen LogP contribution is -2.34. The average Bonchev–Trinajstić information content (AvgIpc) is 3.19. The second-order valence-electron chi connectivity index (χ2n) is 4.77. The molecule has 1 aliphatic rings. The summed E-state index contributed by atoms with van der Waals surface area (Å²) < 4.78 is 13.2. The number of halogens is 1. The van der Waals surface area contributed by atoms with Crippen molar-refractivity contribution in [3.63, 3.8) is 0 Å². The molecule has 6 heteroatoms. The fourth-order valence-corrected chi connectivity index (χ4v) is 2.56. The Morgan fingerprint density at radius 1 is 1.35 bits per heavy atom. The van der Waals surface area contributed by atoms with Crippen LogP contribution in [0.15, 0.2) is 24.3 Å². The summed E-state index contributed by atoms with van der Waals surface area (Å²) >= 11 is 1.09. The monoisotopic (exact) mass is 297 g/mol. The Kier molecular flexibility index (Phi) is 5.00. The summed E-state index contributed by atoms with van der Waals surface area (Å²) in [6.45, 7) is 0.384. The maximum atomic E-state index is 13.2. The van der Waals surface area contributed by atoms with Crippen LogP contribution in [-0.4, -0.2) is 39.4 Å². The minimum atomic E-state index is -0.925. The number of aliphatic carboxylic acids is 1. The third-order valence-corrected chi connectivity index (χ3v) is 3.90. The van der Waals surface area contributed by atoms with Gasteiger partial charge in [-0.15, -0.1) is 11.8 Å². The van der Waals surface area contributed by atoms with Gasteiger partial charge in [-0.25, -0.2) is 4.39 Å². The molecule has 1 aromatic rings. The molecule has 4 nitrogen and oxygen atoms in total. The van der Waals surface area contributed by atoms with Crippen molar-refractivity contribution in [2.45, 2.75) is 25.4 Å². The number of hydrogen-bond donors (Lipinski definition) is 1. The van der Waals surface area contributed by atoms with E-state index >= 15 is 0 Å². The van der Waals surface area contributed by atoms with E-state index in [4.69, 9.17) is 5.11 Å². The van der Waals surface area contributed by atoms with Crippen LogP contribution < -0.4 is 0 Å². The zero-order valence-electron chi connectivity index (χ0n) is 10.9. The average molecular weight is 297 g/mol. The molecule has 0 unspecified atom stereocenters. The molecule has 0 atom stereocenters. The van der Waals surface area contributed by atoms with Gasteiger partial charge in [0.1, 0.15) is 5.82 Å². The Bertz CT molecular complexity index is 505.